The smallest absolute Gasteiger partial charge is 0.244 e. The Balaban J connectivity index is 2.49. The SMILES string of the molecule is CC[C@@H](C)NC(=O)[C@@H](CC)N(Cc1c(Cl)cccc1Cl)C(=O)CN(c1ccc(OC)cc1)S(C)(=O)=O. The molecule has 0 spiro atoms. The molecule has 2 atom stereocenters. The van der Waals surface area contributed by atoms with Gasteiger partial charge in [0.15, 0.2) is 0 Å². The van der Waals surface area contributed by atoms with Crippen LogP contribution in [0.4, 0.5) is 5.69 Å². The van der Waals surface area contributed by atoms with Crippen molar-refractivity contribution < 1.29 is 22.7 Å². The number of ether oxygens (including phenoxy) is 1. The monoisotopic (exact) mass is 557 g/mol. The van der Waals surface area contributed by atoms with Crippen molar-refractivity contribution in [3.63, 3.8) is 0 Å². The van der Waals surface area contributed by atoms with Crippen LogP contribution in [0, 0.1) is 0 Å². The Kier molecular flexibility index (Phi) is 10.9. The molecule has 1 N–H and O–H groups in total. The zero-order valence-corrected chi connectivity index (χ0v) is 23.5. The molecule has 0 aliphatic carbocycles. The number of rotatable bonds is 12. The quantitative estimate of drug-likeness (QED) is 0.414. The Morgan fingerprint density at radius 1 is 1.03 bits per heavy atom. The second-order valence-corrected chi connectivity index (χ2v) is 11.2. The van der Waals surface area contributed by atoms with Gasteiger partial charge in [-0.15, -0.1) is 0 Å². The summed E-state index contributed by atoms with van der Waals surface area (Å²) in [6.07, 6.45) is 2.04. The number of anilines is 1. The maximum atomic E-state index is 13.7. The van der Waals surface area contributed by atoms with E-state index in [1.807, 2.05) is 13.8 Å². The number of halogens is 2. The second kappa shape index (κ2) is 13.2. The Morgan fingerprint density at radius 3 is 2.08 bits per heavy atom. The molecule has 0 unspecified atom stereocenters. The van der Waals surface area contributed by atoms with E-state index in [4.69, 9.17) is 27.9 Å². The van der Waals surface area contributed by atoms with Crippen LogP contribution in [0.15, 0.2) is 42.5 Å². The Hall–Kier alpha value is -2.49. The summed E-state index contributed by atoms with van der Waals surface area (Å²) >= 11 is 12.7. The average Bonchev–Trinajstić information content (AvgIpc) is 2.83. The first kappa shape index (κ1) is 29.7. The van der Waals surface area contributed by atoms with Gasteiger partial charge in [0, 0.05) is 28.2 Å². The molecule has 2 rings (SSSR count). The van der Waals surface area contributed by atoms with Gasteiger partial charge >= 0.3 is 0 Å². The molecule has 2 amide bonds. The molecule has 8 nitrogen and oxygen atoms in total. The molecule has 0 aliphatic rings. The molecular weight excluding hydrogens is 525 g/mol. The minimum atomic E-state index is -3.84. The fraction of sp³-hybridized carbons (Fsp3) is 0.440. The van der Waals surface area contributed by atoms with E-state index in [0.717, 1.165) is 10.6 Å². The largest absolute Gasteiger partial charge is 0.497 e. The highest BCUT2D eigenvalue weighted by molar-refractivity contribution is 7.92. The van der Waals surface area contributed by atoms with Crippen molar-refractivity contribution in [3.8, 4) is 5.75 Å². The number of nitrogens with zero attached hydrogens (tertiary/aromatic N) is 2. The summed E-state index contributed by atoms with van der Waals surface area (Å²) in [4.78, 5) is 28.2. The average molecular weight is 559 g/mol. The molecule has 0 fully saturated rings. The van der Waals surface area contributed by atoms with Crippen LogP contribution >= 0.6 is 23.2 Å². The maximum absolute atomic E-state index is 13.7. The molecule has 198 valence electrons. The molecule has 0 saturated carbocycles. The summed E-state index contributed by atoms with van der Waals surface area (Å²) < 4.78 is 31.5. The molecule has 0 bridgehead atoms. The third-order valence-electron chi connectivity index (χ3n) is 5.82. The summed E-state index contributed by atoms with van der Waals surface area (Å²) in [7, 11) is -2.34. The Bertz CT molecular complexity index is 1140. The Morgan fingerprint density at radius 2 is 1.61 bits per heavy atom. The highest BCUT2D eigenvalue weighted by Gasteiger charge is 2.33. The van der Waals surface area contributed by atoms with Crippen molar-refractivity contribution in [1.82, 2.24) is 10.2 Å². The lowest BCUT2D eigenvalue weighted by atomic mass is 10.1. The van der Waals surface area contributed by atoms with Crippen LogP contribution in [0.3, 0.4) is 0 Å². The van der Waals surface area contributed by atoms with E-state index in [0.29, 0.717) is 39.9 Å². The van der Waals surface area contributed by atoms with E-state index >= 15 is 0 Å². The van der Waals surface area contributed by atoms with E-state index in [2.05, 4.69) is 5.32 Å². The fourth-order valence-electron chi connectivity index (χ4n) is 3.58. The summed E-state index contributed by atoms with van der Waals surface area (Å²) in [6, 6.07) is 10.3. The normalized spacial score (nSPS) is 13.0. The van der Waals surface area contributed by atoms with Crippen LogP contribution in [-0.4, -0.2) is 57.1 Å². The van der Waals surface area contributed by atoms with Gasteiger partial charge in [-0.1, -0.05) is 43.1 Å². The van der Waals surface area contributed by atoms with Gasteiger partial charge < -0.3 is 15.0 Å². The van der Waals surface area contributed by atoms with Gasteiger partial charge in [-0.3, -0.25) is 13.9 Å². The predicted octanol–water partition coefficient (Wildman–Crippen LogP) is 4.49. The van der Waals surface area contributed by atoms with Crippen molar-refractivity contribution in [2.75, 3.05) is 24.2 Å². The van der Waals surface area contributed by atoms with Crippen LogP contribution in [0.5, 0.6) is 5.75 Å². The number of nitrogens with one attached hydrogen (secondary N) is 1. The van der Waals surface area contributed by atoms with E-state index in [9.17, 15) is 18.0 Å². The zero-order chi connectivity index (χ0) is 27.0. The molecule has 36 heavy (non-hydrogen) atoms. The number of methoxy groups -OCH3 is 1. The minimum Gasteiger partial charge on any atom is -0.497 e. The molecule has 11 heteroatoms. The standard InChI is InChI=1S/C25H33Cl2N3O5S/c1-6-17(3)28-25(32)23(7-2)29(15-20-21(26)9-8-10-22(20)27)24(31)16-30(36(5,33)34)18-11-13-19(35-4)14-12-18/h8-14,17,23H,6-7,15-16H2,1-5H3,(H,28,32)/t17-,23-/m1/s1. The van der Waals surface area contributed by atoms with E-state index < -0.39 is 28.5 Å². The third kappa shape index (κ3) is 7.75. The number of carbonyl (C=O) groups excluding carboxylic acids is 2. The highest BCUT2D eigenvalue weighted by Crippen LogP contribution is 2.28. The van der Waals surface area contributed by atoms with E-state index in [1.54, 1.807) is 49.4 Å². The highest BCUT2D eigenvalue weighted by atomic mass is 35.5. The van der Waals surface area contributed by atoms with Gasteiger partial charge in [0.25, 0.3) is 0 Å². The molecule has 0 aromatic heterocycles. The lowest BCUT2D eigenvalue weighted by Gasteiger charge is -2.33. The fourth-order valence-corrected chi connectivity index (χ4v) is 4.94. The molecule has 0 heterocycles. The molecule has 2 aromatic carbocycles. The Labute approximate surface area is 223 Å². The van der Waals surface area contributed by atoms with E-state index in [1.165, 1.54) is 12.0 Å². The van der Waals surface area contributed by atoms with Gasteiger partial charge in [0.05, 0.1) is 19.1 Å². The maximum Gasteiger partial charge on any atom is 0.244 e. The van der Waals surface area contributed by atoms with Crippen LogP contribution in [0.1, 0.15) is 39.2 Å². The van der Waals surface area contributed by atoms with Crippen molar-refractivity contribution in [2.45, 2.75) is 52.2 Å². The van der Waals surface area contributed by atoms with Gasteiger partial charge in [-0.2, -0.15) is 0 Å². The first-order valence-corrected chi connectivity index (χ1v) is 14.2. The second-order valence-electron chi connectivity index (χ2n) is 8.43. The molecule has 0 aliphatic heterocycles. The molecule has 0 saturated heterocycles. The molecule has 0 radical (unpaired) electrons. The summed E-state index contributed by atoms with van der Waals surface area (Å²) in [5.41, 5.74) is 0.763. The van der Waals surface area contributed by atoms with Crippen LogP contribution < -0.4 is 14.4 Å². The summed E-state index contributed by atoms with van der Waals surface area (Å²) in [5.74, 6) is -0.363. The number of sulfonamides is 1. The lowest BCUT2D eigenvalue weighted by molar-refractivity contribution is -0.140. The lowest BCUT2D eigenvalue weighted by Crippen LogP contribution is -2.53. The first-order valence-electron chi connectivity index (χ1n) is 11.6. The van der Waals surface area contributed by atoms with Crippen molar-refractivity contribution in [1.29, 1.82) is 0 Å². The number of hydrogen-bond acceptors (Lipinski definition) is 5. The van der Waals surface area contributed by atoms with Crippen LogP contribution in [0.25, 0.3) is 0 Å². The molecule has 2 aromatic rings. The van der Waals surface area contributed by atoms with Gasteiger partial charge in [0.2, 0.25) is 21.8 Å². The van der Waals surface area contributed by atoms with E-state index in [-0.39, 0.29) is 18.5 Å². The van der Waals surface area contributed by atoms with Gasteiger partial charge in [-0.25, -0.2) is 8.42 Å². The summed E-state index contributed by atoms with van der Waals surface area (Å²) in [5, 5.41) is 3.60. The topological polar surface area (TPSA) is 96.0 Å². The van der Waals surface area contributed by atoms with Gasteiger partial charge in [-0.05, 0) is 56.2 Å². The third-order valence-corrected chi connectivity index (χ3v) is 7.67. The molecular formula is C25H33Cl2N3O5S. The predicted molar refractivity (Wildman–Crippen MR) is 144 cm³/mol. The minimum absolute atomic E-state index is 0.0655. The number of hydrogen-bond donors (Lipinski definition) is 1. The van der Waals surface area contributed by atoms with Crippen molar-refractivity contribution in [3.05, 3.63) is 58.1 Å². The zero-order valence-electron chi connectivity index (χ0n) is 21.1. The number of carbonyl (C=O) groups is 2. The van der Waals surface area contributed by atoms with Crippen LogP contribution in [-0.2, 0) is 26.2 Å². The number of benzene rings is 2. The summed E-state index contributed by atoms with van der Waals surface area (Å²) in [6.45, 7) is 5.02. The first-order chi connectivity index (χ1) is 16.9. The van der Waals surface area contributed by atoms with Gasteiger partial charge in [0.1, 0.15) is 18.3 Å². The van der Waals surface area contributed by atoms with Crippen molar-refractivity contribution in [2.24, 2.45) is 0 Å². The van der Waals surface area contributed by atoms with Crippen LogP contribution in [0.2, 0.25) is 10.0 Å². The number of amides is 2. The van der Waals surface area contributed by atoms with Crippen molar-refractivity contribution >= 4 is 50.7 Å².